The fourth-order valence-corrected chi connectivity index (χ4v) is 5.44. The summed E-state index contributed by atoms with van der Waals surface area (Å²) in [6, 6.07) is 20.2. The number of ether oxygens (including phenoxy) is 1. The van der Waals surface area contributed by atoms with Gasteiger partial charge in [-0.1, -0.05) is 29.8 Å². The van der Waals surface area contributed by atoms with Gasteiger partial charge in [0.25, 0.3) is 5.91 Å². The average molecular weight is 508 g/mol. The number of anilines is 1. The number of carbonyl (C=O) groups excluding carboxylic acids is 1. The number of benzene rings is 2. The third-order valence-electron chi connectivity index (χ3n) is 7.19. The largest absolute Gasteiger partial charge is 0.494 e. The number of furan rings is 1. The van der Waals surface area contributed by atoms with Crippen LogP contribution in [0.15, 0.2) is 71.3 Å². The van der Waals surface area contributed by atoms with Crippen LogP contribution in [0.4, 0.5) is 5.69 Å². The van der Waals surface area contributed by atoms with E-state index in [2.05, 4.69) is 34.1 Å². The van der Waals surface area contributed by atoms with Crippen molar-refractivity contribution in [3.8, 4) is 5.75 Å². The number of likely N-dealkylation sites (tertiary alicyclic amines) is 1. The maximum Gasteiger partial charge on any atom is 0.289 e. The van der Waals surface area contributed by atoms with E-state index in [1.165, 1.54) is 11.3 Å². The van der Waals surface area contributed by atoms with Crippen molar-refractivity contribution in [2.75, 3.05) is 44.2 Å². The molecule has 0 bridgehead atoms. The highest BCUT2D eigenvalue weighted by Crippen LogP contribution is 2.24. The number of rotatable bonds is 8. The molecule has 7 heteroatoms. The van der Waals surface area contributed by atoms with Gasteiger partial charge in [0, 0.05) is 62.4 Å². The molecule has 0 N–H and O–H groups in total. The molecule has 1 amide bonds. The molecular weight excluding hydrogens is 474 g/mol. The normalized spacial score (nSPS) is 18.9. The van der Waals surface area contributed by atoms with Crippen molar-refractivity contribution < 1.29 is 13.9 Å². The van der Waals surface area contributed by atoms with Crippen molar-refractivity contribution >= 4 is 23.2 Å². The van der Waals surface area contributed by atoms with Crippen molar-refractivity contribution in [3.63, 3.8) is 0 Å². The SMILES string of the molecule is O=C(c1ccco1)N1CCCCC1CCOc1cccc(CN2CCN(c3cccc(Cl)c3)CC2)c1. The van der Waals surface area contributed by atoms with Crippen molar-refractivity contribution in [2.24, 2.45) is 0 Å². The Hall–Kier alpha value is -2.96. The summed E-state index contributed by atoms with van der Waals surface area (Å²) in [5.41, 5.74) is 2.45. The summed E-state index contributed by atoms with van der Waals surface area (Å²) >= 11 is 6.17. The van der Waals surface area contributed by atoms with Gasteiger partial charge in [-0.3, -0.25) is 9.69 Å². The topological polar surface area (TPSA) is 49.2 Å². The van der Waals surface area contributed by atoms with Crippen LogP contribution in [0.3, 0.4) is 0 Å². The highest BCUT2D eigenvalue weighted by molar-refractivity contribution is 6.30. The first-order chi connectivity index (χ1) is 17.7. The summed E-state index contributed by atoms with van der Waals surface area (Å²) < 4.78 is 11.5. The molecule has 6 nitrogen and oxygen atoms in total. The van der Waals surface area contributed by atoms with E-state index in [9.17, 15) is 4.79 Å². The maximum absolute atomic E-state index is 12.8. The quantitative estimate of drug-likeness (QED) is 0.390. The van der Waals surface area contributed by atoms with Crippen molar-refractivity contribution in [2.45, 2.75) is 38.3 Å². The molecule has 2 aliphatic heterocycles. The minimum Gasteiger partial charge on any atom is -0.494 e. The van der Waals surface area contributed by atoms with Gasteiger partial charge in [0.1, 0.15) is 5.75 Å². The highest BCUT2D eigenvalue weighted by atomic mass is 35.5. The fourth-order valence-electron chi connectivity index (χ4n) is 5.25. The molecule has 2 fully saturated rings. The Bertz CT molecular complexity index is 1130. The first-order valence-corrected chi connectivity index (χ1v) is 13.3. The number of nitrogens with zero attached hydrogens (tertiary/aromatic N) is 3. The minimum atomic E-state index is -0.0119. The Morgan fingerprint density at radius 3 is 2.64 bits per heavy atom. The van der Waals surface area contributed by atoms with Gasteiger partial charge in [-0.25, -0.2) is 0 Å². The Morgan fingerprint density at radius 1 is 0.972 bits per heavy atom. The molecule has 0 radical (unpaired) electrons. The Morgan fingerprint density at radius 2 is 1.83 bits per heavy atom. The molecule has 2 aliphatic rings. The smallest absolute Gasteiger partial charge is 0.289 e. The maximum atomic E-state index is 12.8. The van der Waals surface area contributed by atoms with E-state index in [0.717, 1.165) is 75.7 Å². The first-order valence-electron chi connectivity index (χ1n) is 12.9. The van der Waals surface area contributed by atoms with Crippen LogP contribution >= 0.6 is 11.6 Å². The van der Waals surface area contributed by atoms with E-state index < -0.39 is 0 Å². The highest BCUT2D eigenvalue weighted by Gasteiger charge is 2.28. The van der Waals surface area contributed by atoms with E-state index in [-0.39, 0.29) is 11.9 Å². The molecule has 36 heavy (non-hydrogen) atoms. The van der Waals surface area contributed by atoms with Crippen molar-refractivity contribution in [1.82, 2.24) is 9.80 Å². The van der Waals surface area contributed by atoms with Gasteiger partial charge in [0.05, 0.1) is 12.9 Å². The summed E-state index contributed by atoms with van der Waals surface area (Å²) in [6.07, 6.45) is 5.58. The lowest BCUT2D eigenvalue weighted by Gasteiger charge is -2.36. The molecule has 0 spiro atoms. The lowest BCUT2D eigenvalue weighted by molar-refractivity contribution is 0.0548. The number of piperazine rings is 1. The number of carbonyl (C=O) groups is 1. The Labute approximate surface area is 218 Å². The van der Waals surface area contributed by atoms with Gasteiger partial charge >= 0.3 is 0 Å². The minimum absolute atomic E-state index is 0.0119. The van der Waals surface area contributed by atoms with Gasteiger partial charge < -0.3 is 19.0 Å². The molecular formula is C29H34ClN3O3. The van der Waals surface area contributed by atoms with E-state index >= 15 is 0 Å². The molecule has 2 aromatic carbocycles. The molecule has 1 atom stereocenters. The summed E-state index contributed by atoms with van der Waals surface area (Å²) in [5.74, 6) is 1.30. The van der Waals surface area contributed by atoms with Crippen LogP contribution in [0.25, 0.3) is 0 Å². The molecule has 3 aromatic rings. The van der Waals surface area contributed by atoms with Gasteiger partial charge in [0.2, 0.25) is 0 Å². The predicted octanol–water partition coefficient (Wildman–Crippen LogP) is 5.72. The van der Waals surface area contributed by atoms with Crippen molar-refractivity contribution in [1.29, 1.82) is 0 Å². The van der Waals surface area contributed by atoms with Gasteiger partial charge in [0.15, 0.2) is 5.76 Å². The Kier molecular flexibility index (Phi) is 8.14. The molecule has 1 aromatic heterocycles. The number of piperidine rings is 1. The lowest BCUT2D eigenvalue weighted by Crippen LogP contribution is -2.45. The van der Waals surface area contributed by atoms with E-state index in [4.69, 9.17) is 20.8 Å². The number of halogens is 1. The summed E-state index contributed by atoms with van der Waals surface area (Å²) in [5, 5.41) is 0.784. The Balaban J connectivity index is 1.10. The van der Waals surface area contributed by atoms with Crippen LogP contribution in [-0.2, 0) is 6.54 Å². The standard InChI is InChI=1S/C29H34ClN3O3/c30-24-7-4-9-26(21-24)32-16-14-31(15-17-32)22-23-6-3-10-27(20-23)35-19-12-25-8-1-2-13-33(25)29(34)28-11-5-18-36-28/h3-7,9-11,18,20-21,25H,1-2,8,12-17,19,22H2. The third kappa shape index (κ3) is 6.23. The molecule has 190 valence electrons. The second-order valence-corrected chi connectivity index (χ2v) is 10.1. The van der Waals surface area contributed by atoms with Crippen LogP contribution in [0.2, 0.25) is 5.02 Å². The zero-order valence-electron chi connectivity index (χ0n) is 20.7. The summed E-state index contributed by atoms with van der Waals surface area (Å²) in [7, 11) is 0. The number of amides is 1. The van der Waals surface area contributed by atoms with E-state index in [0.29, 0.717) is 12.4 Å². The van der Waals surface area contributed by atoms with Crippen LogP contribution in [-0.4, -0.2) is 61.1 Å². The number of hydrogen-bond acceptors (Lipinski definition) is 5. The van der Waals surface area contributed by atoms with Gasteiger partial charge in [-0.2, -0.15) is 0 Å². The van der Waals surface area contributed by atoms with Gasteiger partial charge in [-0.05, 0) is 67.3 Å². The molecule has 5 rings (SSSR count). The fraction of sp³-hybridized carbons (Fsp3) is 0.414. The molecule has 0 saturated carbocycles. The van der Waals surface area contributed by atoms with Crippen molar-refractivity contribution in [3.05, 3.63) is 83.3 Å². The monoisotopic (exact) mass is 507 g/mol. The molecule has 0 aliphatic carbocycles. The van der Waals surface area contributed by atoms with Gasteiger partial charge in [-0.15, -0.1) is 0 Å². The van der Waals surface area contributed by atoms with Crippen LogP contribution in [0.1, 0.15) is 41.8 Å². The zero-order valence-corrected chi connectivity index (χ0v) is 21.4. The predicted molar refractivity (Wildman–Crippen MR) is 143 cm³/mol. The van der Waals surface area contributed by atoms with Crippen LogP contribution in [0.5, 0.6) is 5.75 Å². The first kappa shape index (κ1) is 24.7. The zero-order chi connectivity index (χ0) is 24.7. The molecule has 2 saturated heterocycles. The van der Waals surface area contributed by atoms with E-state index in [1.807, 2.05) is 29.2 Å². The third-order valence-corrected chi connectivity index (χ3v) is 7.43. The lowest BCUT2D eigenvalue weighted by atomic mass is 9.99. The van der Waals surface area contributed by atoms with E-state index in [1.54, 1.807) is 18.4 Å². The second-order valence-electron chi connectivity index (χ2n) is 9.65. The average Bonchev–Trinajstić information content (AvgIpc) is 3.45. The summed E-state index contributed by atoms with van der Waals surface area (Å²) in [6.45, 7) is 6.29. The molecule has 1 unspecified atom stereocenters. The summed E-state index contributed by atoms with van der Waals surface area (Å²) in [4.78, 5) is 19.7. The van der Waals surface area contributed by atoms with Crippen LogP contribution < -0.4 is 9.64 Å². The second kappa shape index (κ2) is 11.8. The number of hydrogen-bond donors (Lipinski definition) is 0. The van der Waals surface area contributed by atoms with Crippen LogP contribution in [0, 0.1) is 0 Å². The molecule has 3 heterocycles.